The first-order chi connectivity index (χ1) is 8.86. The second-order valence-electron chi connectivity index (χ2n) is 3.70. The van der Waals surface area contributed by atoms with Crippen LogP contribution in [0.5, 0.6) is 0 Å². The molecule has 1 heterocycles. The predicted octanol–water partition coefficient (Wildman–Crippen LogP) is 1.07. The minimum absolute atomic E-state index is 0.0391. The molecule has 108 valence electrons. The van der Waals surface area contributed by atoms with E-state index in [0.717, 1.165) is 0 Å². The SMILES string of the molecule is Cn1c(CO)cnc1SCCCNC(=O)C(F)(F)F. The van der Waals surface area contributed by atoms with Crippen molar-refractivity contribution in [3.05, 3.63) is 11.9 Å². The van der Waals surface area contributed by atoms with Crippen LogP contribution in [0.25, 0.3) is 0 Å². The number of thioether (sulfide) groups is 1. The van der Waals surface area contributed by atoms with Gasteiger partial charge in [-0.15, -0.1) is 0 Å². The van der Waals surface area contributed by atoms with Gasteiger partial charge in [0.1, 0.15) is 0 Å². The maximum atomic E-state index is 11.9. The molecule has 0 saturated carbocycles. The Morgan fingerprint density at radius 2 is 2.26 bits per heavy atom. The average Bonchev–Trinajstić information content (AvgIpc) is 2.68. The Balaban J connectivity index is 2.24. The Hall–Kier alpha value is -1.22. The first-order valence-corrected chi connectivity index (χ1v) is 6.44. The molecule has 0 fully saturated rings. The predicted molar refractivity (Wildman–Crippen MR) is 63.5 cm³/mol. The first kappa shape index (κ1) is 15.8. The van der Waals surface area contributed by atoms with E-state index in [0.29, 0.717) is 23.0 Å². The number of rotatable bonds is 6. The third kappa shape index (κ3) is 4.75. The number of carbonyl (C=O) groups is 1. The zero-order chi connectivity index (χ0) is 14.5. The third-order valence-corrected chi connectivity index (χ3v) is 3.43. The molecule has 0 atom stereocenters. The summed E-state index contributed by atoms with van der Waals surface area (Å²) < 4.78 is 37.3. The largest absolute Gasteiger partial charge is 0.471 e. The van der Waals surface area contributed by atoms with Crippen LogP contribution in [0, 0.1) is 0 Å². The smallest absolute Gasteiger partial charge is 0.390 e. The number of hydrogen-bond donors (Lipinski definition) is 2. The van der Waals surface area contributed by atoms with Crippen molar-refractivity contribution >= 4 is 17.7 Å². The second kappa shape index (κ2) is 6.80. The van der Waals surface area contributed by atoms with Gasteiger partial charge in [-0.2, -0.15) is 13.2 Å². The van der Waals surface area contributed by atoms with Gasteiger partial charge in [0.15, 0.2) is 5.16 Å². The molecule has 1 aromatic rings. The molecule has 0 spiro atoms. The zero-order valence-electron chi connectivity index (χ0n) is 10.2. The van der Waals surface area contributed by atoms with Crippen molar-refractivity contribution in [2.75, 3.05) is 12.3 Å². The minimum atomic E-state index is -4.83. The van der Waals surface area contributed by atoms with Gasteiger partial charge in [-0.1, -0.05) is 11.8 Å². The number of aliphatic hydroxyl groups is 1. The van der Waals surface area contributed by atoms with Gasteiger partial charge in [-0.3, -0.25) is 4.79 Å². The lowest BCUT2D eigenvalue weighted by Gasteiger charge is -2.07. The normalized spacial score (nSPS) is 11.6. The maximum absolute atomic E-state index is 11.9. The molecule has 19 heavy (non-hydrogen) atoms. The molecule has 0 aliphatic carbocycles. The lowest BCUT2D eigenvalue weighted by atomic mass is 10.4. The Morgan fingerprint density at radius 1 is 1.58 bits per heavy atom. The van der Waals surface area contributed by atoms with Crippen molar-refractivity contribution < 1.29 is 23.1 Å². The van der Waals surface area contributed by atoms with E-state index in [2.05, 4.69) is 4.98 Å². The Bertz CT molecular complexity index is 434. The molecule has 0 bridgehead atoms. The van der Waals surface area contributed by atoms with Crippen LogP contribution in [0.4, 0.5) is 13.2 Å². The van der Waals surface area contributed by atoms with E-state index in [9.17, 15) is 18.0 Å². The van der Waals surface area contributed by atoms with Crippen molar-refractivity contribution in [3.63, 3.8) is 0 Å². The summed E-state index contributed by atoms with van der Waals surface area (Å²) in [5, 5.41) is 11.4. The summed E-state index contributed by atoms with van der Waals surface area (Å²) in [7, 11) is 1.74. The van der Waals surface area contributed by atoms with E-state index in [4.69, 9.17) is 5.11 Å². The number of imidazole rings is 1. The van der Waals surface area contributed by atoms with E-state index in [1.807, 2.05) is 0 Å². The molecule has 1 amide bonds. The van der Waals surface area contributed by atoms with Gasteiger partial charge in [0.2, 0.25) is 0 Å². The van der Waals surface area contributed by atoms with Gasteiger partial charge in [0.25, 0.3) is 0 Å². The molecule has 5 nitrogen and oxygen atoms in total. The van der Waals surface area contributed by atoms with Crippen molar-refractivity contribution in [2.45, 2.75) is 24.4 Å². The molecule has 9 heteroatoms. The van der Waals surface area contributed by atoms with Gasteiger partial charge in [-0.05, 0) is 6.42 Å². The molecule has 1 rings (SSSR count). The molecular weight excluding hydrogens is 283 g/mol. The molecule has 1 aromatic heterocycles. The minimum Gasteiger partial charge on any atom is -0.390 e. The summed E-state index contributed by atoms with van der Waals surface area (Å²) in [4.78, 5) is 14.6. The van der Waals surface area contributed by atoms with E-state index < -0.39 is 12.1 Å². The number of amides is 1. The highest BCUT2D eigenvalue weighted by Crippen LogP contribution is 2.18. The van der Waals surface area contributed by atoms with Gasteiger partial charge in [0.05, 0.1) is 18.5 Å². The highest BCUT2D eigenvalue weighted by molar-refractivity contribution is 7.99. The number of hydrogen-bond acceptors (Lipinski definition) is 4. The third-order valence-electron chi connectivity index (χ3n) is 2.30. The number of nitrogens with one attached hydrogen (secondary N) is 1. The summed E-state index contributed by atoms with van der Waals surface area (Å²) in [5.41, 5.74) is 0.660. The molecule has 2 N–H and O–H groups in total. The number of halogens is 3. The standard InChI is InChI=1S/C10H14F3N3O2S/c1-16-7(6-17)5-15-9(16)19-4-2-3-14-8(18)10(11,12)13/h5,17H,2-4,6H2,1H3,(H,14,18). The van der Waals surface area contributed by atoms with Crippen LogP contribution >= 0.6 is 11.8 Å². The van der Waals surface area contributed by atoms with E-state index >= 15 is 0 Å². The Morgan fingerprint density at radius 3 is 2.79 bits per heavy atom. The quantitative estimate of drug-likeness (QED) is 0.609. The first-order valence-electron chi connectivity index (χ1n) is 5.45. The van der Waals surface area contributed by atoms with Crippen LogP contribution in [0.2, 0.25) is 0 Å². The average molecular weight is 297 g/mol. The molecular formula is C10H14F3N3O2S. The number of carbonyl (C=O) groups excluding carboxylic acids is 1. The summed E-state index contributed by atoms with van der Waals surface area (Å²) in [5.74, 6) is -1.40. The number of nitrogens with zero attached hydrogens (tertiary/aromatic N) is 2. The molecule has 0 saturated heterocycles. The Kier molecular flexibility index (Phi) is 5.67. The van der Waals surface area contributed by atoms with Gasteiger partial charge >= 0.3 is 12.1 Å². The van der Waals surface area contributed by atoms with Crippen molar-refractivity contribution in [1.82, 2.24) is 14.9 Å². The lowest BCUT2D eigenvalue weighted by molar-refractivity contribution is -0.173. The van der Waals surface area contributed by atoms with Gasteiger partial charge in [0, 0.05) is 19.3 Å². The van der Waals surface area contributed by atoms with Crippen LogP contribution in [-0.4, -0.2) is 39.0 Å². The number of alkyl halides is 3. The maximum Gasteiger partial charge on any atom is 0.471 e. The molecule has 0 unspecified atom stereocenters. The fraction of sp³-hybridized carbons (Fsp3) is 0.600. The zero-order valence-corrected chi connectivity index (χ0v) is 11.0. The van der Waals surface area contributed by atoms with Gasteiger partial charge in [-0.25, -0.2) is 4.98 Å². The summed E-state index contributed by atoms with van der Waals surface area (Å²) >= 11 is 1.35. The summed E-state index contributed by atoms with van der Waals surface area (Å²) in [6, 6.07) is 0. The van der Waals surface area contributed by atoms with Crippen LogP contribution in [-0.2, 0) is 18.4 Å². The molecule has 0 radical (unpaired) electrons. The van der Waals surface area contributed by atoms with Crippen LogP contribution in [0.1, 0.15) is 12.1 Å². The fourth-order valence-electron chi connectivity index (χ4n) is 1.24. The van der Waals surface area contributed by atoms with E-state index in [1.165, 1.54) is 18.0 Å². The summed E-state index contributed by atoms with van der Waals surface area (Å²) in [6.07, 6.45) is -2.90. The topological polar surface area (TPSA) is 67.2 Å². The van der Waals surface area contributed by atoms with Crippen molar-refractivity contribution in [1.29, 1.82) is 0 Å². The fourth-order valence-corrected chi connectivity index (χ4v) is 2.15. The summed E-state index contributed by atoms with van der Waals surface area (Å²) in [6.45, 7) is -0.158. The van der Waals surface area contributed by atoms with Crippen LogP contribution in [0.15, 0.2) is 11.4 Å². The van der Waals surface area contributed by atoms with E-state index in [1.54, 1.807) is 16.9 Å². The highest BCUT2D eigenvalue weighted by atomic mass is 32.2. The molecule has 0 aliphatic heterocycles. The van der Waals surface area contributed by atoms with Crippen molar-refractivity contribution in [3.8, 4) is 0 Å². The molecule has 0 aliphatic rings. The van der Waals surface area contributed by atoms with Crippen LogP contribution < -0.4 is 5.32 Å². The lowest BCUT2D eigenvalue weighted by Crippen LogP contribution is -2.37. The monoisotopic (exact) mass is 297 g/mol. The number of aliphatic hydroxyl groups excluding tert-OH is 1. The van der Waals surface area contributed by atoms with Crippen LogP contribution in [0.3, 0.4) is 0 Å². The second-order valence-corrected chi connectivity index (χ2v) is 4.77. The van der Waals surface area contributed by atoms with Crippen molar-refractivity contribution in [2.24, 2.45) is 7.05 Å². The van der Waals surface area contributed by atoms with E-state index in [-0.39, 0.29) is 13.2 Å². The number of aromatic nitrogens is 2. The van der Waals surface area contributed by atoms with Gasteiger partial charge < -0.3 is 15.0 Å². The molecule has 0 aromatic carbocycles. The Labute approximate surface area is 112 Å². The highest BCUT2D eigenvalue weighted by Gasteiger charge is 2.38.